The zero-order valence-corrected chi connectivity index (χ0v) is 10.4. The fourth-order valence-corrected chi connectivity index (χ4v) is 2.24. The molecule has 1 aromatic heterocycles. The van der Waals surface area contributed by atoms with Crippen molar-refractivity contribution < 1.29 is 9.53 Å². The molecule has 0 radical (unpaired) electrons. The standard InChI is InChI=1S/C10H9BrClNO2/c1-15-10(14)6-4-7(11)8(5-2-3-5)13-9(6)12/h4-5H,2-3H2,1H3. The molecular weight excluding hydrogens is 281 g/mol. The summed E-state index contributed by atoms with van der Waals surface area (Å²) >= 11 is 9.30. The summed E-state index contributed by atoms with van der Waals surface area (Å²) in [5, 5.41) is 0.215. The van der Waals surface area contributed by atoms with Gasteiger partial charge in [0, 0.05) is 10.4 Å². The van der Waals surface area contributed by atoms with Gasteiger partial charge in [-0.15, -0.1) is 0 Å². The van der Waals surface area contributed by atoms with Crippen molar-refractivity contribution in [2.45, 2.75) is 18.8 Å². The average Bonchev–Trinajstić information content (AvgIpc) is 3.03. The molecule has 2 rings (SSSR count). The fourth-order valence-electron chi connectivity index (χ4n) is 1.38. The van der Waals surface area contributed by atoms with E-state index in [4.69, 9.17) is 11.6 Å². The van der Waals surface area contributed by atoms with Crippen molar-refractivity contribution in [2.75, 3.05) is 7.11 Å². The Bertz CT molecular complexity index is 418. The first-order chi connectivity index (χ1) is 7.13. The smallest absolute Gasteiger partial charge is 0.341 e. The Morgan fingerprint density at radius 2 is 2.33 bits per heavy atom. The molecule has 3 nitrogen and oxygen atoms in total. The summed E-state index contributed by atoms with van der Waals surface area (Å²) in [6.07, 6.45) is 2.28. The second-order valence-corrected chi connectivity index (χ2v) is 4.67. The van der Waals surface area contributed by atoms with E-state index in [-0.39, 0.29) is 5.15 Å². The maximum Gasteiger partial charge on any atom is 0.341 e. The minimum atomic E-state index is -0.462. The third kappa shape index (κ3) is 2.16. The minimum Gasteiger partial charge on any atom is -0.465 e. The first-order valence-electron chi connectivity index (χ1n) is 4.57. The first-order valence-corrected chi connectivity index (χ1v) is 5.75. The van der Waals surface area contributed by atoms with Gasteiger partial charge in [-0.1, -0.05) is 11.6 Å². The number of hydrogen-bond donors (Lipinski definition) is 0. The van der Waals surface area contributed by atoms with E-state index < -0.39 is 5.97 Å². The summed E-state index contributed by atoms with van der Waals surface area (Å²) in [4.78, 5) is 15.5. The van der Waals surface area contributed by atoms with Crippen LogP contribution < -0.4 is 0 Å². The Morgan fingerprint density at radius 3 is 2.87 bits per heavy atom. The van der Waals surface area contributed by atoms with Crippen LogP contribution in [0.5, 0.6) is 0 Å². The summed E-state index contributed by atoms with van der Waals surface area (Å²) in [7, 11) is 1.32. The number of aromatic nitrogens is 1. The number of hydrogen-bond acceptors (Lipinski definition) is 3. The van der Waals surface area contributed by atoms with E-state index in [1.54, 1.807) is 6.07 Å². The minimum absolute atomic E-state index is 0.215. The molecule has 0 aromatic carbocycles. The third-order valence-electron chi connectivity index (χ3n) is 2.33. The van der Waals surface area contributed by atoms with Gasteiger partial charge in [-0.3, -0.25) is 0 Å². The molecule has 0 bridgehead atoms. The molecule has 1 aliphatic rings. The van der Waals surface area contributed by atoms with Gasteiger partial charge in [0.2, 0.25) is 0 Å². The van der Waals surface area contributed by atoms with E-state index in [0.29, 0.717) is 11.5 Å². The first kappa shape index (κ1) is 10.9. The predicted octanol–water partition coefficient (Wildman–Crippen LogP) is 3.16. The number of esters is 1. The van der Waals surface area contributed by atoms with Crippen LogP contribution in [-0.4, -0.2) is 18.1 Å². The molecule has 0 unspecified atom stereocenters. The number of rotatable bonds is 2. The SMILES string of the molecule is COC(=O)c1cc(Br)c(C2CC2)nc1Cl. The van der Waals surface area contributed by atoms with Crippen LogP contribution in [0.15, 0.2) is 10.5 Å². The summed E-state index contributed by atoms with van der Waals surface area (Å²) in [5.74, 6) is 0.0270. The van der Waals surface area contributed by atoms with Crippen LogP contribution in [0.4, 0.5) is 0 Å². The van der Waals surface area contributed by atoms with Gasteiger partial charge in [0.15, 0.2) is 0 Å². The lowest BCUT2D eigenvalue weighted by atomic mass is 10.2. The number of pyridine rings is 1. The van der Waals surface area contributed by atoms with E-state index in [0.717, 1.165) is 23.0 Å². The highest BCUT2D eigenvalue weighted by atomic mass is 79.9. The van der Waals surface area contributed by atoms with Gasteiger partial charge in [0.25, 0.3) is 0 Å². The topological polar surface area (TPSA) is 39.2 Å². The monoisotopic (exact) mass is 289 g/mol. The van der Waals surface area contributed by atoms with Gasteiger partial charge in [0.05, 0.1) is 18.4 Å². The highest BCUT2D eigenvalue weighted by molar-refractivity contribution is 9.10. The van der Waals surface area contributed by atoms with E-state index in [9.17, 15) is 4.79 Å². The molecule has 1 heterocycles. The molecular formula is C10H9BrClNO2. The van der Waals surface area contributed by atoms with Crippen LogP contribution in [-0.2, 0) is 4.74 Å². The quantitative estimate of drug-likeness (QED) is 0.620. The number of methoxy groups -OCH3 is 1. The lowest BCUT2D eigenvalue weighted by molar-refractivity contribution is 0.0600. The van der Waals surface area contributed by atoms with E-state index in [1.807, 2.05) is 0 Å². The molecule has 0 spiro atoms. The number of ether oxygens (including phenoxy) is 1. The van der Waals surface area contributed by atoms with Crippen molar-refractivity contribution in [3.8, 4) is 0 Å². The molecule has 80 valence electrons. The van der Waals surface area contributed by atoms with Crippen molar-refractivity contribution in [2.24, 2.45) is 0 Å². The molecule has 1 saturated carbocycles. The van der Waals surface area contributed by atoms with Gasteiger partial charge in [-0.2, -0.15) is 0 Å². The maximum atomic E-state index is 11.3. The largest absolute Gasteiger partial charge is 0.465 e. The zero-order chi connectivity index (χ0) is 11.0. The highest BCUT2D eigenvalue weighted by Gasteiger charge is 2.28. The summed E-state index contributed by atoms with van der Waals surface area (Å²) in [6.45, 7) is 0. The van der Waals surface area contributed by atoms with Crippen molar-refractivity contribution in [3.05, 3.63) is 26.9 Å². The maximum absolute atomic E-state index is 11.3. The molecule has 0 atom stereocenters. The third-order valence-corrected chi connectivity index (χ3v) is 3.25. The van der Waals surface area contributed by atoms with Crippen molar-refractivity contribution in [1.29, 1.82) is 0 Å². The molecule has 0 N–H and O–H groups in total. The second kappa shape index (κ2) is 4.10. The van der Waals surface area contributed by atoms with Crippen LogP contribution in [0, 0.1) is 0 Å². The number of carbonyl (C=O) groups excluding carboxylic acids is 1. The van der Waals surface area contributed by atoms with Gasteiger partial charge < -0.3 is 4.74 Å². The van der Waals surface area contributed by atoms with E-state index in [1.165, 1.54) is 7.11 Å². The lowest BCUT2D eigenvalue weighted by Crippen LogP contribution is -2.05. The van der Waals surface area contributed by atoms with E-state index >= 15 is 0 Å². The molecule has 0 amide bonds. The van der Waals surface area contributed by atoms with Gasteiger partial charge >= 0.3 is 5.97 Å². The molecule has 1 aromatic rings. The normalized spacial score (nSPS) is 15.1. The second-order valence-electron chi connectivity index (χ2n) is 3.46. The van der Waals surface area contributed by atoms with Gasteiger partial charge in [-0.25, -0.2) is 9.78 Å². The molecule has 15 heavy (non-hydrogen) atoms. The Balaban J connectivity index is 2.42. The van der Waals surface area contributed by atoms with Crippen LogP contribution in [0.25, 0.3) is 0 Å². The van der Waals surface area contributed by atoms with Crippen LogP contribution in [0.2, 0.25) is 5.15 Å². The van der Waals surface area contributed by atoms with E-state index in [2.05, 4.69) is 25.7 Å². The Morgan fingerprint density at radius 1 is 1.67 bits per heavy atom. The molecule has 5 heteroatoms. The highest BCUT2D eigenvalue weighted by Crippen LogP contribution is 2.43. The fraction of sp³-hybridized carbons (Fsp3) is 0.400. The molecule has 0 aliphatic heterocycles. The zero-order valence-electron chi connectivity index (χ0n) is 8.09. The number of halogens is 2. The van der Waals surface area contributed by atoms with Gasteiger partial charge in [-0.05, 0) is 34.8 Å². The summed E-state index contributed by atoms with van der Waals surface area (Å²) in [6, 6.07) is 1.68. The summed E-state index contributed by atoms with van der Waals surface area (Å²) in [5.41, 5.74) is 1.24. The molecule has 1 fully saturated rings. The molecule has 1 aliphatic carbocycles. The van der Waals surface area contributed by atoms with Gasteiger partial charge in [0.1, 0.15) is 5.15 Å². The van der Waals surface area contributed by atoms with Crippen LogP contribution in [0.3, 0.4) is 0 Å². The Hall–Kier alpha value is -0.610. The molecule has 0 saturated heterocycles. The summed E-state index contributed by atoms with van der Waals surface area (Å²) < 4.78 is 5.43. The predicted molar refractivity (Wildman–Crippen MR) is 60.3 cm³/mol. The van der Waals surface area contributed by atoms with Crippen molar-refractivity contribution in [1.82, 2.24) is 4.98 Å². The van der Waals surface area contributed by atoms with Crippen LogP contribution in [0.1, 0.15) is 34.8 Å². The van der Waals surface area contributed by atoms with Crippen LogP contribution >= 0.6 is 27.5 Å². The van der Waals surface area contributed by atoms with Crippen molar-refractivity contribution >= 4 is 33.5 Å². The lowest BCUT2D eigenvalue weighted by Gasteiger charge is -2.06. The number of nitrogens with zero attached hydrogens (tertiary/aromatic N) is 1. The average molecular weight is 291 g/mol. The number of carbonyl (C=O) groups is 1. The van der Waals surface area contributed by atoms with Crippen molar-refractivity contribution in [3.63, 3.8) is 0 Å². The Labute approximate surface area is 101 Å². The Kier molecular flexibility index (Phi) is 2.98.